The van der Waals surface area contributed by atoms with Crippen LogP contribution in [-0.4, -0.2) is 16.2 Å². The number of rotatable bonds is 3. The molecule has 0 unspecified atom stereocenters. The maximum Gasteiger partial charge on any atom is 0.336 e. The lowest BCUT2D eigenvalue weighted by molar-refractivity contribution is -0.128. The van der Waals surface area contributed by atoms with Gasteiger partial charge in [0.05, 0.1) is 0 Å². The molecule has 1 heterocycles. The number of phenols is 2. The molecule has 0 aliphatic heterocycles. The lowest BCUT2D eigenvalue weighted by Gasteiger charge is -2.04. The van der Waals surface area contributed by atoms with Crippen molar-refractivity contribution >= 4 is 23.0 Å². The molecule has 0 saturated heterocycles. The van der Waals surface area contributed by atoms with Crippen molar-refractivity contribution in [2.45, 2.75) is 6.92 Å². The maximum absolute atomic E-state index is 11.9. The highest BCUT2D eigenvalue weighted by Crippen LogP contribution is 2.25. The average molecular weight is 338 g/mol. The number of hydrogen-bond donors (Lipinski definition) is 2. The van der Waals surface area contributed by atoms with Crippen molar-refractivity contribution < 1.29 is 24.2 Å². The van der Waals surface area contributed by atoms with Crippen LogP contribution in [0.5, 0.6) is 17.2 Å². The van der Waals surface area contributed by atoms with Crippen LogP contribution < -0.4 is 10.4 Å². The summed E-state index contributed by atoms with van der Waals surface area (Å²) in [6.45, 7) is 1.79. The first kappa shape index (κ1) is 16.3. The monoisotopic (exact) mass is 338 g/mol. The topological polar surface area (TPSA) is 97.0 Å². The van der Waals surface area contributed by atoms with Crippen molar-refractivity contribution in [2.24, 2.45) is 0 Å². The minimum Gasteiger partial charge on any atom is -0.504 e. The van der Waals surface area contributed by atoms with Gasteiger partial charge in [-0.1, -0.05) is 6.07 Å². The number of aromatic hydroxyl groups is 2. The number of aryl methyl sites for hydroxylation is 1. The molecule has 6 nitrogen and oxygen atoms in total. The van der Waals surface area contributed by atoms with E-state index in [9.17, 15) is 19.8 Å². The first-order valence-corrected chi connectivity index (χ1v) is 7.39. The summed E-state index contributed by atoms with van der Waals surface area (Å²) in [7, 11) is 0. The number of phenolic OH excluding ortho intramolecular Hbond substituents is 2. The Balaban J connectivity index is 1.78. The first-order chi connectivity index (χ1) is 11.9. The van der Waals surface area contributed by atoms with E-state index in [4.69, 9.17) is 9.15 Å². The summed E-state index contributed by atoms with van der Waals surface area (Å²) in [5.41, 5.74) is 1.16. The molecular weight excluding hydrogens is 324 g/mol. The molecule has 0 aliphatic rings. The molecule has 3 rings (SSSR count). The van der Waals surface area contributed by atoms with Crippen LogP contribution in [0, 0.1) is 6.92 Å². The van der Waals surface area contributed by atoms with E-state index in [-0.39, 0.29) is 17.2 Å². The molecular formula is C19H14O6. The Morgan fingerprint density at radius 1 is 1.08 bits per heavy atom. The third-order valence-electron chi connectivity index (χ3n) is 3.55. The Kier molecular flexibility index (Phi) is 4.26. The van der Waals surface area contributed by atoms with Gasteiger partial charge in [0, 0.05) is 23.6 Å². The maximum atomic E-state index is 11.9. The normalized spacial score (nSPS) is 11.1. The molecule has 0 saturated carbocycles. The minimum atomic E-state index is -0.637. The smallest absolute Gasteiger partial charge is 0.336 e. The van der Waals surface area contributed by atoms with Crippen LogP contribution >= 0.6 is 0 Å². The Hall–Kier alpha value is -3.54. The summed E-state index contributed by atoms with van der Waals surface area (Å²) >= 11 is 0. The van der Waals surface area contributed by atoms with Crippen molar-refractivity contribution in [3.8, 4) is 17.2 Å². The molecule has 0 radical (unpaired) electrons. The Labute approximate surface area is 142 Å². The van der Waals surface area contributed by atoms with Gasteiger partial charge in [-0.2, -0.15) is 0 Å². The van der Waals surface area contributed by atoms with Crippen molar-refractivity contribution in [1.82, 2.24) is 0 Å². The van der Waals surface area contributed by atoms with E-state index in [0.29, 0.717) is 11.1 Å². The number of carbonyl (C=O) groups is 1. The van der Waals surface area contributed by atoms with Gasteiger partial charge in [-0.05, 0) is 48.4 Å². The molecule has 0 bridgehead atoms. The zero-order valence-corrected chi connectivity index (χ0v) is 13.2. The predicted octanol–water partition coefficient (Wildman–Crippen LogP) is 3.13. The molecule has 0 amide bonds. The van der Waals surface area contributed by atoms with Gasteiger partial charge in [0.1, 0.15) is 11.3 Å². The van der Waals surface area contributed by atoms with Gasteiger partial charge in [-0.25, -0.2) is 9.59 Å². The molecule has 0 fully saturated rings. The number of esters is 1. The fourth-order valence-electron chi connectivity index (χ4n) is 2.33. The SMILES string of the molecule is Cc1cc(=O)oc2cc(OC(=O)/C=C/c3ccc(O)c(O)c3)ccc12. The van der Waals surface area contributed by atoms with Crippen molar-refractivity contribution in [3.05, 3.63) is 70.1 Å². The second kappa shape index (κ2) is 6.52. The second-order valence-corrected chi connectivity index (χ2v) is 5.41. The van der Waals surface area contributed by atoms with Crippen LogP contribution in [0.15, 0.2) is 57.8 Å². The van der Waals surface area contributed by atoms with Gasteiger partial charge >= 0.3 is 11.6 Å². The molecule has 1 aromatic heterocycles. The van der Waals surface area contributed by atoms with Crippen molar-refractivity contribution in [1.29, 1.82) is 0 Å². The lowest BCUT2D eigenvalue weighted by Crippen LogP contribution is -2.04. The largest absolute Gasteiger partial charge is 0.504 e. The summed E-state index contributed by atoms with van der Waals surface area (Å²) < 4.78 is 10.3. The van der Waals surface area contributed by atoms with E-state index in [0.717, 1.165) is 10.9 Å². The highest BCUT2D eigenvalue weighted by Gasteiger charge is 2.06. The zero-order chi connectivity index (χ0) is 18.0. The van der Waals surface area contributed by atoms with Crippen LogP contribution in [0.25, 0.3) is 17.0 Å². The number of carbonyl (C=O) groups excluding carboxylic acids is 1. The summed E-state index contributed by atoms with van der Waals surface area (Å²) in [6.07, 6.45) is 2.62. The standard InChI is InChI=1S/C19H14O6/c1-11-8-19(23)25-17-10-13(4-5-14(11)17)24-18(22)7-3-12-2-6-15(20)16(21)9-12/h2-10,20-21H,1H3/b7-3+. The quantitative estimate of drug-likeness (QED) is 0.250. The van der Waals surface area contributed by atoms with Gasteiger partial charge in [0.25, 0.3) is 0 Å². The summed E-state index contributed by atoms with van der Waals surface area (Å²) in [5, 5.41) is 19.4. The molecule has 25 heavy (non-hydrogen) atoms. The van der Waals surface area contributed by atoms with Crippen LogP contribution in [0.4, 0.5) is 0 Å². The summed E-state index contributed by atoms with van der Waals surface area (Å²) in [5.74, 6) is -0.922. The summed E-state index contributed by atoms with van der Waals surface area (Å²) in [6, 6.07) is 10.3. The highest BCUT2D eigenvalue weighted by atomic mass is 16.5. The lowest BCUT2D eigenvalue weighted by atomic mass is 10.1. The highest BCUT2D eigenvalue weighted by molar-refractivity contribution is 5.89. The number of fused-ring (bicyclic) bond motifs is 1. The summed E-state index contributed by atoms with van der Waals surface area (Å²) in [4.78, 5) is 23.3. The number of benzene rings is 2. The minimum absolute atomic E-state index is 0.240. The average Bonchev–Trinajstić information content (AvgIpc) is 2.55. The van der Waals surface area contributed by atoms with E-state index in [1.165, 1.54) is 42.5 Å². The van der Waals surface area contributed by atoms with Crippen LogP contribution in [0.1, 0.15) is 11.1 Å². The molecule has 3 aromatic rings. The first-order valence-electron chi connectivity index (χ1n) is 7.39. The van der Waals surface area contributed by atoms with Gasteiger partial charge < -0.3 is 19.4 Å². The molecule has 2 aromatic carbocycles. The third kappa shape index (κ3) is 3.69. The van der Waals surface area contributed by atoms with Gasteiger partial charge in [-0.15, -0.1) is 0 Å². The van der Waals surface area contributed by atoms with E-state index in [1.807, 2.05) is 0 Å². The molecule has 2 N–H and O–H groups in total. The van der Waals surface area contributed by atoms with Crippen LogP contribution in [0.3, 0.4) is 0 Å². The number of ether oxygens (including phenoxy) is 1. The zero-order valence-electron chi connectivity index (χ0n) is 13.2. The van der Waals surface area contributed by atoms with Gasteiger partial charge in [0.2, 0.25) is 0 Å². The van der Waals surface area contributed by atoms with E-state index in [1.54, 1.807) is 19.1 Å². The molecule has 0 atom stereocenters. The molecule has 6 heteroatoms. The Morgan fingerprint density at radius 2 is 1.88 bits per heavy atom. The van der Waals surface area contributed by atoms with Crippen molar-refractivity contribution in [3.63, 3.8) is 0 Å². The van der Waals surface area contributed by atoms with E-state index in [2.05, 4.69) is 0 Å². The van der Waals surface area contributed by atoms with E-state index < -0.39 is 11.6 Å². The molecule has 0 spiro atoms. The number of hydrogen-bond acceptors (Lipinski definition) is 6. The Morgan fingerprint density at radius 3 is 2.64 bits per heavy atom. The van der Waals surface area contributed by atoms with E-state index >= 15 is 0 Å². The Bertz CT molecular complexity index is 1050. The van der Waals surface area contributed by atoms with Crippen LogP contribution in [-0.2, 0) is 4.79 Å². The fraction of sp³-hybridized carbons (Fsp3) is 0.0526. The van der Waals surface area contributed by atoms with Gasteiger partial charge in [-0.3, -0.25) is 0 Å². The van der Waals surface area contributed by atoms with Crippen LogP contribution in [0.2, 0.25) is 0 Å². The molecule has 0 aliphatic carbocycles. The van der Waals surface area contributed by atoms with Gasteiger partial charge in [0.15, 0.2) is 11.5 Å². The van der Waals surface area contributed by atoms with Crippen molar-refractivity contribution in [2.75, 3.05) is 0 Å². The predicted molar refractivity (Wildman–Crippen MR) is 91.7 cm³/mol. The third-order valence-corrected chi connectivity index (χ3v) is 3.55. The second-order valence-electron chi connectivity index (χ2n) is 5.41. The fourth-order valence-corrected chi connectivity index (χ4v) is 2.33. The molecule has 126 valence electrons.